The Hall–Kier alpha value is -2.86. The van der Waals surface area contributed by atoms with Crippen LogP contribution in [0.1, 0.15) is 11.1 Å². The third kappa shape index (κ3) is 2.28. The van der Waals surface area contributed by atoms with E-state index in [1.807, 2.05) is 12.1 Å². The molecule has 0 fully saturated rings. The number of nitrogens with one attached hydrogen (secondary N) is 2. The quantitative estimate of drug-likeness (QED) is 0.585. The third-order valence-electron chi connectivity index (χ3n) is 2.59. The van der Waals surface area contributed by atoms with Gasteiger partial charge in [0.1, 0.15) is 12.1 Å². The molecule has 1 aromatic rings. The van der Waals surface area contributed by atoms with Gasteiger partial charge in [-0.15, -0.1) is 0 Å². The number of hydrogen-bond donors (Lipinski definition) is 2. The summed E-state index contributed by atoms with van der Waals surface area (Å²) in [4.78, 5) is 11.3. The summed E-state index contributed by atoms with van der Waals surface area (Å²) in [6, 6.07) is 8.81. The lowest BCUT2D eigenvalue weighted by Gasteiger charge is -2.19. The highest BCUT2D eigenvalue weighted by Crippen LogP contribution is 2.23. The van der Waals surface area contributed by atoms with Gasteiger partial charge in [-0.3, -0.25) is 10.2 Å². The number of hydrogen-bond acceptors (Lipinski definition) is 5. The van der Waals surface area contributed by atoms with E-state index in [4.69, 9.17) is 10.5 Å². The zero-order valence-corrected chi connectivity index (χ0v) is 9.40. The maximum Gasteiger partial charge on any atom is 0.237 e. The van der Waals surface area contributed by atoms with Crippen molar-refractivity contribution in [3.63, 3.8) is 0 Å². The number of nitrogens with zero attached hydrogens (tertiary/aromatic N) is 3. The summed E-state index contributed by atoms with van der Waals surface area (Å²) in [6.45, 7) is 0.483. The predicted octanol–water partition coefficient (Wildman–Crippen LogP) is 0.674. The normalized spacial score (nSPS) is 12.4. The topological polar surface area (TPSA) is 101 Å². The molecule has 6 nitrogen and oxygen atoms in total. The third-order valence-corrected chi connectivity index (χ3v) is 2.59. The van der Waals surface area contributed by atoms with Crippen molar-refractivity contribution < 1.29 is 4.79 Å². The second-order valence-corrected chi connectivity index (χ2v) is 3.69. The SMILES string of the molecule is N#CC(C#N)=NNc1cccc2c1CC(=O)NC2. The van der Waals surface area contributed by atoms with Crippen LogP contribution in [0, 0.1) is 22.7 Å². The van der Waals surface area contributed by atoms with Crippen molar-refractivity contribution in [3.8, 4) is 12.1 Å². The Labute approximate surface area is 104 Å². The molecule has 0 saturated carbocycles. The smallest absolute Gasteiger partial charge is 0.237 e. The van der Waals surface area contributed by atoms with Gasteiger partial charge < -0.3 is 5.32 Å². The summed E-state index contributed by atoms with van der Waals surface area (Å²) in [5.74, 6) is -0.0541. The number of carbonyl (C=O) groups is 1. The summed E-state index contributed by atoms with van der Waals surface area (Å²) in [7, 11) is 0. The molecular formula is C12H9N5O. The first kappa shape index (κ1) is 11.6. The van der Waals surface area contributed by atoms with Crippen LogP contribution in [0.15, 0.2) is 23.3 Å². The molecular weight excluding hydrogens is 230 g/mol. The first-order valence-electron chi connectivity index (χ1n) is 5.26. The van der Waals surface area contributed by atoms with Crippen molar-refractivity contribution in [1.82, 2.24) is 5.32 Å². The highest BCUT2D eigenvalue weighted by atomic mass is 16.1. The molecule has 1 heterocycles. The van der Waals surface area contributed by atoms with Gasteiger partial charge in [-0.05, 0) is 17.2 Å². The molecule has 1 aliphatic rings. The highest BCUT2D eigenvalue weighted by molar-refractivity contribution is 6.10. The van der Waals surface area contributed by atoms with E-state index in [9.17, 15) is 4.79 Å². The van der Waals surface area contributed by atoms with Crippen molar-refractivity contribution in [2.45, 2.75) is 13.0 Å². The molecule has 1 aromatic carbocycles. The Morgan fingerprint density at radius 3 is 2.89 bits per heavy atom. The van der Waals surface area contributed by atoms with E-state index in [0.29, 0.717) is 12.2 Å². The molecule has 2 N–H and O–H groups in total. The van der Waals surface area contributed by atoms with Gasteiger partial charge in [0.15, 0.2) is 0 Å². The minimum atomic E-state index is -0.257. The largest absolute Gasteiger partial charge is 0.352 e. The van der Waals surface area contributed by atoms with Crippen molar-refractivity contribution in [2.75, 3.05) is 5.43 Å². The molecule has 88 valence electrons. The fourth-order valence-electron chi connectivity index (χ4n) is 1.72. The number of fused-ring (bicyclic) bond motifs is 1. The van der Waals surface area contributed by atoms with Gasteiger partial charge in [0, 0.05) is 6.54 Å². The molecule has 0 saturated heterocycles. The summed E-state index contributed by atoms with van der Waals surface area (Å²) in [5, 5.41) is 23.6. The van der Waals surface area contributed by atoms with Gasteiger partial charge in [0.25, 0.3) is 0 Å². The summed E-state index contributed by atoms with van der Waals surface area (Å²) < 4.78 is 0. The lowest BCUT2D eigenvalue weighted by Crippen LogP contribution is -2.30. The minimum Gasteiger partial charge on any atom is -0.352 e. The molecule has 0 bridgehead atoms. The number of carbonyl (C=O) groups excluding carboxylic acids is 1. The Kier molecular flexibility index (Phi) is 3.22. The number of anilines is 1. The fourth-order valence-corrected chi connectivity index (χ4v) is 1.72. The monoisotopic (exact) mass is 239 g/mol. The molecule has 2 rings (SSSR count). The molecule has 6 heteroatoms. The maximum atomic E-state index is 11.3. The zero-order chi connectivity index (χ0) is 13.0. The van der Waals surface area contributed by atoms with Crippen LogP contribution in [0.4, 0.5) is 5.69 Å². The molecule has 0 aromatic heterocycles. The summed E-state index contributed by atoms with van der Waals surface area (Å²) >= 11 is 0. The molecule has 1 amide bonds. The van der Waals surface area contributed by atoms with E-state index in [1.54, 1.807) is 18.2 Å². The van der Waals surface area contributed by atoms with Gasteiger partial charge in [0.2, 0.25) is 11.6 Å². The molecule has 0 radical (unpaired) electrons. The molecule has 18 heavy (non-hydrogen) atoms. The van der Waals surface area contributed by atoms with E-state index < -0.39 is 0 Å². The first-order valence-corrected chi connectivity index (χ1v) is 5.26. The number of amides is 1. The zero-order valence-electron chi connectivity index (χ0n) is 9.40. The van der Waals surface area contributed by atoms with E-state index in [0.717, 1.165) is 11.1 Å². The average Bonchev–Trinajstić information content (AvgIpc) is 2.40. The van der Waals surface area contributed by atoms with Gasteiger partial charge in [-0.25, -0.2) is 0 Å². The number of rotatable bonds is 2. The number of nitriles is 2. The van der Waals surface area contributed by atoms with E-state index in [2.05, 4.69) is 15.8 Å². The Morgan fingerprint density at radius 2 is 2.17 bits per heavy atom. The first-order chi connectivity index (χ1) is 8.74. The van der Waals surface area contributed by atoms with Crippen molar-refractivity contribution >= 4 is 17.3 Å². The van der Waals surface area contributed by atoms with E-state index >= 15 is 0 Å². The molecule has 0 spiro atoms. The van der Waals surface area contributed by atoms with Crippen molar-refractivity contribution in [1.29, 1.82) is 10.5 Å². The lowest BCUT2D eigenvalue weighted by molar-refractivity contribution is -0.121. The van der Waals surface area contributed by atoms with Crippen LogP contribution in [0.5, 0.6) is 0 Å². The van der Waals surface area contributed by atoms with Crippen molar-refractivity contribution in [2.24, 2.45) is 5.10 Å². The van der Waals surface area contributed by atoms with Crippen LogP contribution in [0.2, 0.25) is 0 Å². The van der Waals surface area contributed by atoms with Crippen molar-refractivity contribution in [3.05, 3.63) is 29.3 Å². The molecule has 0 atom stereocenters. The second kappa shape index (κ2) is 4.98. The van der Waals surface area contributed by atoms with Crippen LogP contribution < -0.4 is 10.7 Å². The number of hydrazone groups is 1. The van der Waals surface area contributed by atoms with Crippen LogP contribution in [-0.4, -0.2) is 11.6 Å². The van der Waals surface area contributed by atoms with Gasteiger partial charge in [-0.1, -0.05) is 12.1 Å². The standard InChI is InChI=1S/C12H9N5O/c13-5-9(6-14)16-17-11-3-1-2-8-7-15-12(18)4-10(8)11/h1-3,17H,4,7H2,(H,15,18). The molecule has 1 aliphatic heterocycles. The summed E-state index contributed by atoms with van der Waals surface area (Å²) in [6.07, 6.45) is 0.266. The molecule has 0 aliphatic carbocycles. The number of benzene rings is 1. The molecule has 0 unspecified atom stereocenters. The van der Waals surface area contributed by atoms with Crippen LogP contribution in [0.25, 0.3) is 0 Å². The van der Waals surface area contributed by atoms with Gasteiger partial charge in [-0.2, -0.15) is 15.6 Å². The van der Waals surface area contributed by atoms with Crippen LogP contribution in [0.3, 0.4) is 0 Å². The van der Waals surface area contributed by atoms with Crippen LogP contribution >= 0.6 is 0 Å². The highest BCUT2D eigenvalue weighted by Gasteiger charge is 2.17. The van der Waals surface area contributed by atoms with E-state index in [-0.39, 0.29) is 18.0 Å². The van der Waals surface area contributed by atoms with Crippen LogP contribution in [-0.2, 0) is 17.8 Å². The summed E-state index contributed by atoms with van der Waals surface area (Å²) in [5.41, 5.74) is 4.90. The van der Waals surface area contributed by atoms with Gasteiger partial charge in [0.05, 0.1) is 12.1 Å². The average molecular weight is 239 g/mol. The van der Waals surface area contributed by atoms with E-state index in [1.165, 1.54) is 0 Å². The van der Waals surface area contributed by atoms with Gasteiger partial charge >= 0.3 is 0 Å². The minimum absolute atomic E-state index is 0.0541. The Bertz CT molecular complexity index is 590. The Morgan fingerprint density at radius 1 is 1.39 bits per heavy atom. The lowest BCUT2D eigenvalue weighted by atomic mass is 9.99. The maximum absolute atomic E-state index is 11.3. The Balaban J connectivity index is 2.31. The predicted molar refractivity (Wildman–Crippen MR) is 64.3 cm³/mol. The second-order valence-electron chi connectivity index (χ2n) is 3.69. The fraction of sp³-hybridized carbons (Fsp3) is 0.167.